The van der Waals surface area contributed by atoms with E-state index in [4.69, 9.17) is 9.97 Å². The summed E-state index contributed by atoms with van der Waals surface area (Å²) in [6.07, 6.45) is 0.717. The summed E-state index contributed by atoms with van der Waals surface area (Å²) in [5, 5.41) is 7.43. The number of carbonyl (C=O) groups is 1. The molecule has 1 amide bonds. The van der Waals surface area contributed by atoms with Crippen LogP contribution in [0.5, 0.6) is 0 Å². The average molecular weight is 462 g/mol. The molecule has 0 atom stereocenters. The standard InChI is InChI=1S/C29H27N5O/c1-4-25-23(29(35)30-21-14-10-11-19(2)17-21)18-26(34(25)3)32-28-22-15-8-9-16-24(22)31-27(33-28)20-12-6-5-7-13-20/h5-18H,4H2,1-3H3,(H,30,35)(H,31,32,33). The average Bonchev–Trinajstić information content (AvgIpc) is 3.19. The number of rotatable bonds is 6. The second kappa shape index (κ2) is 9.43. The smallest absolute Gasteiger partial charge is 0.257 e. The number of benzene rings is 3. The lowest BCUT2D eigenvalue weighted by Gasteiger charge is -2.12. The van der Waals surface area contributed by atoms with Gasteiger partial charge in [0.15, 0.2) is 5.82 Å². The Morgan fingerprint density at radius 1 is 0.914 bits per heavy atom. The minimum Gasteiger partial charge on any atom is -0.334 e. The van der Waals surface area contributed by atoms with Gasteiger partial charge in [-0.05, 0) is 49.2 Å². The molecular weight excluding hydrogens is 434 g/mol. The normalized spacial score (nSPS) is 10.9. The van der Waals surface area contributed by atoms with E-state index in [-0.39, 0.29) is 5.91 Å². The van der Waals surface area contributed by atoms with E-state index in [1.54, 1.807) is 0 Å². The molecule has 0 saturated heterocycles. The predicted molar refractivity (Wildman–Crippen MR) is 142 cm³/mol. The lowest BCUT2D eigenvalue weighted by Crippen LogP contribution is -2.14. The Morgan fingerprint density at radius 3 is 2.46 bits per heavy atom. The molecule has 2 N–H and O–H groups in total. The second-order valence-electron chi connectivity index (χ2n) is 8.53. The molecule has 174 valence electrons. The molecule has 3 aromatic carbocycles. The van der Waals surface area contributed by atoms with E-state index in [1.807, 2.05) is 103 Å². The number of aryl methyl sites for hydroxylation is 1. The van der Waals surface area contributed by atoms with Gasteiger partial charge in [0.2, 0.25) is 0 Å². The molecule has 0 saturated carbocycles. The van der Waals surface area contributed by atoms with Gasteiger partial charge in [-0.1, -0.05) is 61.5 Å². The highest BCUT2D eigenvalue weighted by atomic mass is 16.1. The van der Waals surface area contributed by atoms with Gasteiger partial charge >= 0.3 is 0 Å². The number of carbonyl (C=O) groups excluding carboxylic acids is 1. The van der Waals surface area contributed by atoms with Gasteiger partial charge in [-0.2, -0.15) is 0 Å². The molecule has 6 heteroatoms. The highest BCUT2D eigenvalue weighted by Gasteiger charge is 2.19. The molecule has 6 nitrogen and oxygen atoms in total. The highest BCUT2D eigenvalue weighted by molar-refractivity contribution is 6.06. The Kier molecular flexibility index (Phi) is 6.02. The quantitative estimate of drug-likeness (QED) is 0.303. The SMILES string of the molecule is CCc1c(C(=O)Nc2cccc(C)c2)cc(Nc2nc(-c3ccccc3)nc3ccccc23)n1C. The van der Waals surface area contributed by atoms with Gasteiger partial charge in [0.05, 0.1) is 11.1 Å². The van der Waals surface area contributed by atoms with E-state index >= 15 is 0 Å². The Bertz CT molecular complexity index is 1520. The van der Waals surface area contributed by atoms with Gasteiger partial charge in [-0.25, -0.2) is 9.97 Å². The van der Waals surface area contributed by atoms with Crippen LogP contribution in [0.3, 0.4) is 0 Å². The summed E-state index contributed by atoms with van der Waals surface area (Å²) < 4.78 is 2.02. The molecule has 0 bridgehead atoms. The Labute approximate surface area is 204 Å². The van der Waals surface area contributed by atoms with E-state index in [1.165, 1.54) is 0 Å². The monoisotopic (exact) mass is 461 g/mol. The zero-order valence-electron chi connectivity index (χ0n) is 20.0. The number of nitrogens with one attached hydrogen (secondary N) is 2. The summed E-state index contributed by atoms with van der Waals surface area (Å²) in [5.41, 5.74) is 5.26. The fourth-order valence-corrected chi connectivity index (χ4v) is 4.32. The van der Waals surface area contributed by atoms with Crippen LogP contribution in [-0.2, 0) is 13.5 Å². The van der Waals surface area contributed by atoms with Crippen LogP contribution in [0.4, 0.5) is 17.3 Å². The maximum absolute atomic E-state index is 13.2. The lowest BCUT2D eigenvalue weighted by atomic mass is 10.1. The number of nitrogens with zero attached hydrogens (tertiary/aromatic N) is 3. The molecule has 0 spiro atoms. The van der Waals surface area contributed by atoms with Crippen LogP contribution in [0.1, 0.15) is 28.5 Å². The van der Waals surface area contributed by atoms with Crippen molar-refractivity contribution in [2.45, 2.75) is 20.3 Å². The van der Waals surface area contributed by atoms with Crippen molar-refractivity contribution in [2.75, 3.05) is 10.6 Å². The third-order valence-corrected chi connectivity index (χ3v) is 6.10. The van der Waals surface area contributed by atoms with Gasteiger partial charge in [0.25, 0.3) is 5.91 Å². The fraction of sp³-hybridized carbons (Fsp3) is 0.138. The summed E-state index contributed by atoms with van der Waals surface area (Å²) in [5.74, 6) is 2.00. The van der Waals surface area contributed by atoms with Crippen LogP contribution in [0.25, 0.3) is 22.3 Å². The number of hydrogen-bond donors (Lipinski definition) is 2. The number of hydrogen-bond acceptors (Lipinski definition) is 4. The van der Waals surface area contributed by atoms with Gasteiger partial charge < -0.3 is 15.2 Å². The number of anilines is 3. The molecule has 0 aliphatic rings. The summed E-state index contributed by atoms with van der Waals surface area (Å²) in [7, 11) is 1.96. The minimum atomic E-state index is -0.131. The van der Waals surface area contributed by atoms with Crippen molar-refractivity contribution in [3.63, 3.8) is 0 Å². The molecule has 0 radical (unpaired) electrons. The topological polar surface area (TPSA) is 71.8 Å². The molecule has 0 unspecified atom stereocenters. The van der Waals surface area contributed by atoms with Crippen LogP contribution in [0.2, 0.25) is 0 Å². The molecule has 0 aliphatic heterocycles. The maximum Gasteiger partial charge on any atom is 0.257 e. The number of fused-ring (bicyclic) bond motifs is 1. The van der Waals surface area contributed by atoms with E-state index in [9.17, 15) is 4.79 Å². The van der Waals surface area contributed by atoms with Gasteiger partial charge in [0.1, 0.15) is 11.6 Å². The summed E-state index contributed by atoms with van der Waals surface area (Å²) in [6.45, 7) is 4.06. The summed E-state index contributed by atoms with van der Waals surface area (Å²) >= 11 is 0. The Balaban J connectivity index is 1.53. The van der Waals surface area contributed by atoms with Crippen molar-refractivity contribution >= 4 is 34.1 Å². The first-order valence-corrected chi connectivity index (χ1v) is 11.7. The largest absolute Gasteiger partial charge is 0.334 e. The van der Waals surface area contributed by atoms with Crippen LogP contribution in [0, 0.1) is 6.92 Å². The molecule has 0 aliphatic carbocycles. The van der Waals surface area contributed by atoms with Crippen molar-refractivity contribution in [1.82, 2.24) is 14.5 Å². The molecule has 35 heavy (non-hydrogen) atoms. The van der Waals surface area contributed by atoms with Crippen molar-refractivity contribution in [2.24, 2.45) is 7.05 Å². The van der Waals surface area contributed by atoms with E-state index in [2.05, 4.69) is 17.6 Å². The first-order chi connectivity index (χ1) is 17.0. The first kappa shape index (κ1) is 22.3. The van der Waals surface area contributed by atoms with Gasteiger partial charge in [-0.15, -0.1) is 0 Å². The third kappa shape index (κ3) is 4.51. The number of amides is 1. The van der Waals surface area contributed by atoms with E-state index in [0.717, 1.165) is 39.2 Å². The summed E-state index contributed by atoms with van der Waals surface area (Å²) in [4.78, 5) is 22.8. The molecule has 2 aromatic heterocycles. The van der Waals surface area contributed by atoms with Crippen LogP contribution < -0.4 is 10.6 Å². The van der Waals surface area contributed by atoms with E-state index < -0.39 is 0 Å². The third-order valence-electron chi connectivity index (χ3n) is 6.10. The second-order valence-corrected chi connectivity index (χ2v) is 8.53. The zero-order chi connectivity index (χ0) is 24.4. The highest BCUT2D eigenvalue weighted by Crippen LogP contribution is 2.29. The van der Waals surface area contributed by atoms with Crippen molar-refractivity contribution in [3.05, 3.63) is 102 Å². The molecule has 5 aromatic rings. The predicted octanol–water partition coefficient (Wildman–Crippen LogP) is 6.50. The number of aromatic nitrogens is 3. The van der Waals surface area contributed by atoms with Crippen molar-refractivity contribution in [3.8, 4) is 11.4 Å². The van der Waals surface area contributed by atoms with Gasteiger partial charge in [0, 0.05) is 29.4 Å². The van der Waals surface area contributed by atoms with Crippen LogP contribution >= 0.6 is 0 Å². The Morgan fingerprint density at radius 2 is 1.69 bits per heavy atom. The number of para-hydroxylation sites is 1. The van der Waals surface area contributed by atoms with Crippen molar-refractivity contribution < 1.29 is 4.79 Å². The Hall–Kier alpha value is -4.45. The van der Waals surface area contributed by atoms with Crippen molar-refractivity contribution in [1.29, 1.82) is 0 Å². The maximum atomic E-state index is 13.2. The van der Waals surface area contributed by atoms with Crippen LogP contribution in [-0.4, -0.2) is 20.4 Å². The van der Waals surface area contributed by atoms with E-state index in [0.29, 0.717) is 23.6 Å². The lowest BCUT2D eigenvalue weighted by molar-refractivity contribution is 0.102. The molecule has 5 rings (SSSR count). The molecule has 2 heterocycles. The summed E-state index contributed by atoms with van der Waals surface area (Å²) in [6, 6.07) is 27.6. The van der Waals surface area contributed by atoms with Crippen LogP contribution in [0.15, 0.2) is 84.9 Å². The van der Waals surface area contributed by atoms with Gasteiger partial charge in [-0.3, -0.25) is 4.79 Å². The molecular formula is C29H27N5O. The zero-order valence-corrected chi connectivity index (χ0v) is 20.0. The minimum absolute atomic E-state index is 0.131. The first-order valence-electron chi connectivity index (χ1n) is 11.7. The molecule has 0 fully saturated rings. The fourth-order valence-electron chi connectivity index (χ4n) is 4.32.